The maximum atomic E-state index is 12.8. The lowest BCUT2D eigenvalue weighted by Gasteiger charge is -2.27. The number of nitrogens with one attached hydrogen (secondary N) is 3. The molecule has 2 aromatic rings. The summed E-state index contributed by atoms with van der Waals surface area (Å²) in [5, 5.41) is 16.9. The van der Waals surface area contributed by atoms with Gasteiger partial charge in [0, 0.05) is 23.9 Å². The van der Waals surface area contributed by atoms with Crippen LogP contribution in [-0.4, -0.2) is 41.8 Å². The highest BCUT2D eigenvalue weighted by Crippen LogP contribution is 2.32. The number of alkyl halides is 3. The molecule has 23 heavy (non-hydrogen) atoms. The van der Waals surface area contributed by atoms with E-state index in [1.807, 2.05) is 0 Å². The summed E-state index contributed by atoms with van der Waals surface area (Å²) in [4.78, 5) is 11.8. The smallest absolute Gasteiger partial charge is 0.359 e. The van der Waals surface area contributed by atoms with E-state index in [2.05, 4.69) is 26.1 Å². The van der Waals surface area contributed by atoms with Crippen molar-refractivity contribution in [3.05, 3.63) is 30.0 Å². The van der Waals surface area contributed by atoms with Crippen molar-refractivity contribution < 1.29 is 18.0 Å². The van der Waals surface area contributed by atoms with E-state index in [4.69, 9.17) is 0 Å². The largest absolute Gasteiger partial charge is 0.416 e. The fourth-order valence-electron chi connectivity index (χ4n) is 2.22. The molecule has 9 heteroatoms. The topological polar surface area (TPSA) is 78.9 Å². The summed E-state index contributed by atoms with van der Waals surface area (Å²) in [6.07, 6.45) is -3.07. The Morgan fingerprint density at radius 3 is 2.78 bits per heavy atom. The summed E-state index contributed by atoms with van der Waals surface area (Å²) in [6, 6.07) is 3.42. The minimum Gasteiger partial charge on any atom is -0.359 e. The minimum atomic E-state index is -4.44. The van der Waals surface area contributed by atoms with E-state index in [1.165, 1.54) is 12.3 Å². The van der Waals surface area contributed by atoms with E-state index in [1.54, 1.807) is 0 Å². The summed E-state index contributed by atoms with van der Waals surface area (Å²) in [5.74, 6) is -0.0993. The molecule has 0 unspecified atom stereocenters. The minimum absolute atomic E-state index is 0.0828. The van der Waals surface area contributed by atoms with Crippen molar-refractivity contribution in [3.8, 4) is 0 Å². The molecule has 0 aliphatic carbocycles. The molecule has 0 radical (unpaired) electrons. The first-order chi connectivity index (χ1) is 10.9. The second-order valence-electron chi connectivity index (χ2n) is 5.27. The Morgan fingerprint density at radius 2 is 2.13 bits per heavy atom. The van der Waals surface area contributed by atoms with Crippen molar-refractivity contribution in [1.82, 2.24) is 20.8 Å². The number of halogens is 3. The predicted molar refractivity (Wildman–Crippen MR) is 77.8 cm³/mol. The summed E-state index contributed by atoms with van der Waals surface area (Å²) >= 11 is 0. The number of hydrogen-bond acceptors (Lipinski definition) is 5. The molecule has 1 aromatic carbocycles. The molecule has 122 valence electrons. The fraction of sp³-hybridized carbons (Fsp3) is 0.357. The normalized spacial score (nSPS) is 15.3. The van der Waals surface area contributed by atoms with Crippen LogP contribution in [-0.2, 0) is 11.0 Å². The van der Waals surface area contributed by atoms with Gasteiger partial charge in [-0.15, -0.1) is 5.10 Å². The zero-order valence-electron chi connectivity index (χ0n) is 11.9. The van der Waals surface area contributed by atoms with Gasteiger partial charge in [0.05, 0.1) is 24.3 Å². The van der Waals surface area contributed by atoms with Crippen LogP contribution >= 0.6 is 0 Å². The summed E-state index contributed by atoms with van der Waals surface area (Å²) in [7, 11) is 0. The van der Waals surface area contributed by atoms with Gasteiger partial charge in [-0.3, -0.25) is 4.79 Å². The lowest BCUT2D eigenvalue weighted by molar-refractivity contribution is -0.137. The molecule has 3 rings (SSSR count). The second-order valence-corrected chi connectivity index (χ2v) is 5.27. The predicted octanol–water partition coefficient (Wildman–Crippen LogP) is 1.15. The maximum absolute atomic E-state index is 12.8. The number of benzene rings is 1. The second kappa shape index (κ2) is 5.99. The quantitative estimate of drug-likeness (QED) is 0.786. The number of carbonyl (C=O) groups is 1. The number of aromatic nitrogens is 2. The number of carbonyl (C=O) groups excluding carboxylic acids is 1. The van der Waals surface area contributed by atoms with E-state index >= 15 is 0 Å². The first kappa shape index (κ1) is 15.5. The summed E-state index contributed by atoms with van der Waals surface area (Å²) in [6.45, 7) is 1.35. The van der Waals surface area contributed by atoms with Gasteiger partial charge in [0.1, 0.15) is 0 Å². The van der Waals surface area contributed by atoms with Crippen LogP contribution in [0.4, 0.5) is 19.0 Å². The van der Waals surface area contributed by atoms with Crippen molar-refractivity contribution in [2.24, 2.45) is 0 Å². The molecule has 0 spiro atoms. The van der Waals surface area contributed by atoms with Crippen LogP contribution in [0, 0.1) is 0 Å². The van der Waals surface area contributed by atoms with Crippen LogP contribution in [0.2, 0.25) is 0 Å². The van der Waals surface area contributed by atoms with Gasteiger partial charge in [-0.05, 0) is 12.1 Å². The van der Waals surface area contributed by atoms with E-state index < -0.39 is 11.7 Å². The standard InChI is InChI=1S/C14H14F3N5O/c15-14(16,17)9-2-1-8-4-20-22-13(11(8)3-9)19-7-12(23)21-10-5-18-6-10/h1-4,10,18H,5-7H2,(H,19,22)(H,21,23). The Labute approximate surface area is 129 Å². The average Bonchev–Trinajstić information content (AvgIpc) is 2.47. The SMILES string of the molecule is O=C(CNc1nncc2ccc(C(F)(F)F)cc12)NC1CNC1. The first-order valence-electron chi connectivity index (χ1n) is 7.00. The molecule has 1 amide bonds. The van der Waals surface area contributed by atoms with Crippen LogP contribution in [0.3, 0.4) is 0 Å². The Balaban J connectivity index is 1.77. The first-order valence-corrected chi connectivity index (χ1v) is 7.00. The van der Waals surface area contributed by atoms with Crippen molar-refractivity contribution >= 4 is 22.5 Å². The Kier molecular flexibility index (Phi) is 4.03. The molecule has 1 aliphatic rings. The molecular formula is C14H14F3N5O. The van der Waals surface area contributed by atoms with Gasteiger partial charge >= 0.3 is 6.18 Å². The third kappa shape index (κ3) is 3.50. The lowest BCUT2D eigenvalue weighted by atomic mass is 10.1. The van der Waals surface area contributed by atoms with E-state index in [9.17, 15) is 18.0 Å². The molecule has 2 heterocycles. The van der Waals surface area contributed by atoms with Crippen LogP contribution in [0.1, 0.15) is 5.56 Å². The van der Waals surface area contributed by atoms with Crippen LogP contribution in [0.25, 0.3) is 10.8 Å². The van der Waals surface area contributed by atoms with Crippen LogP contribution < -0.4 is 16.0 Å². The van der Waals surface area contributed by atoms with Gasteiger partial charge in [-0.25, -0.2) is 0 Å². The average molecular weight is 325 g/mol. The number of hydrogen-bond donors (Lipinski definition) is 3. The number of rotatable bonds is 4. The van der Waals surface area contributed by atoms with Gasteiger partial charge in [-0.2, -0.15) is 18.3 Å². The maximum Gasteiger partial charge on any atom is 0.416 e. The molecule has 6 nitrogen and oxygen atoms in total. The van der Waals surface area contributed by atoms with Crippen molar-refractivity contribution in [2.45, 2.75) is 12.2 Å². The molecule has 1 aromatic heterocycles. The van der Waals surface area contributed by atoms with E-state index in [0.29, 0.717) is 5.39 Å². The monoisotopic (exact) mass is 325 g/mol. The third-order valence-corrected chi connectivity index (χ3v) is 3.55. The molecule has 3 N–H and O–H groups in total. The van der Waals surface area contributed by atoms with Crippen molar-refractivity contribution in [3.63, 3.8) is 0 Å². The molecule has 0 saturated carbocycles. The van der Waals surface area contributed by atoms with Crippen molar-refractivity contribution in [2.75, 3.05) is 25.0 Å². The van der Waals surface area contributed by atoms with E-state index in [0.717, 1.165) is 25.2 Å². The summed E-state index contributed by atoms with van der Waals surface area (Å²) < 4.78 is 38.5. The Hall–Kier alpha value is -2.42. The molecule has 0 bridgehead atoms. The highest BCUT2D eigenvalue weighted by molar-refractivity contribution is 5.93. The number of amides is 1. The zero-order valence-corrected chi connectivity index (χ0v) is 11.9. The van der Waals surface area contributed by atoms with Crippen molar-refractivity contribution in [1.29, 1.82) is 0 Å². The van der Waals surface area contributed by atoms with Gasteiger partial charge in [0.2, 0.25) is 5.91 Å². The molecule has 0 atom stereocenters. The zero-order chi connectivity index (χ0) is 16.4. The van der Waals surface area contributed by atoms with Gasteiger partial charge in [0.15, 0.2) is 5.82 Å². The van der Waals surface area contributed by atoms with Crippen LogP contribution in [0.15, 0.2) is 24.4 Å². The fourth-order valence-corrected chi connectivity index (χ4v) is 2.22. The molecule has 1 saturated heterocycles. The van der Waals surface area contributed by atoms with E-state index in [-0.39, 0.29) is 29.7 Å². The number of anilines is 1. The van der Waals surface area contributed by atoms with Crippen LogP contribution in [0.5, 0.6) is 0 Å². The molecular weight excluding hydrogens is 311 g/mol. The highest BCUT2D eigenvalue weighted by atomic mass is 19.4. The van der Waals surface area contributed by atoms with Gasteiger partial charge in [0.25, 0.3) is 0 Å². The lowest BCUT2D eigenvalue weighted by Crippen LogP contribution is -2.57. The Bertz CT molecular complexity index is 730. The highest BCUT2D eigenvalue weighted by Gasteiger charge is 2.30. The van der Waals surface area contributed by atoms with Gasteiger partial charge in [-0.1, -0.05) is 6.07 Å². The third-order valence-electron chi connectivity index (χ3n) is 3.55. The number of fused-ring (bicyclic) bond motifs is 1. The van der Waals surface area contributed by atoms with Gasteiger partial charge < -0.3 is 16.0 Å². The molecule has 1 fully saturated rings. The Morgan fingerprint density at radius 1 is 1.35 bits per heavy atom. The summed E-state index contributed by atoms with van der Waals surface area (Å²) in [5.41, 5.74) is -0.772. The number of nitrogens with zero attached hydrogens (tertiary/aromatic N) is 2. The molecule has 1 aliphatic heterocycles.